The molecule has 13 nitrogen and oxygen atoms in total. The largest absolute Gasteiger partial charge is 0.433 e. The highest BCUT2D eigenvalue weighted by Gasteiger charge is 2.52. The zero-order valence-corrected chi connectivity index (χ0v) is 36.0. The third kappa shape index (κ3) is 8.64. The molecule has 2 aliphatic carbocycles. The van der Waals surface area contributed by atoms with E-state index in [-0.39, 0.29) is 18.5 Å². The molecule has 332 valence electrons. The Morgan fingerprint density at radius 3 is 2.41 bits per heavy atom. The van der Waals surface area contributed by atoms with E-state index in [1.165, 1.54) is 18.9 Å². The number of piperidine rings is 1. The van der Waals surface area contributed by atoms with E-state index >= 15 is 0 Å². The first-order chi connectivity index (χ1) is 29.9. The average Bonchev–Trinajstić information content (AvgIpc) is 3.74. The number of nitrogens with zero attached hydrogens (tertiary/aromatic N) is 4. The number of anilines is 1. The van der Waals surface area contributed by atoms with Crippen LogP contribution in [-0.4, -0.2) is 86.6 Å². The summed E-state index contributed by atoms with van der Waals surface area (Å²) in [4.78, 5) is 75.8. The molecule has 2 aromatic carbocycles. The number of likely N-dealkylation sites (tertiary alicyclic amines) is 1. The Morgan fingerprint density at radius 1 is 0.952 bits per heavy atom. The smallest absolute Gasteiger partial charge is 0.386 e. The summed E-state index contributed by atoms with van der Waals surface area (Å²) in [7, 11) is 0. The molecule has 2 saturated heterocycles. The van der Waals surface area contributed by atoms with Crippen LogP contribution < -0.4 is 16.0 Å². The molecule has 3 aliphatic heterocycles. The van der Waals surface area contributed by atoms with Crippen molar-refractivity contribution in [2.24, 2.45) is 17.3 Å². The molecule has 4 fully saturated rings. The molecule has 2 aromatic heterocycles. The molecule has 4 aromatic rings. The molecule has 4 N–H and O–H groups in total. The number of aliphatic hydroxyl groups is 1. The highest BCUT2D eigenvalue weighted by Crippen LogP contribution is 2.53. The minimum absolute atomic E-state index is 0.0821. The van der Waals surface area contributed by atoms with Crippen LogP contribution in [0.25, 0.3) is 10.2 Å². The normalized spacial score (nSPS) is 22.9. The fraction of sp³-hybridized carbons (Fsp3) is 0.500. The van der Waals surface area contributed by atoms with Gasteiger partial charge in [0.25, 0.3) is 17.7 Å². The van der Waals surface area contributed by atoms with Gasteiger partial charge < -0.3 is 20.6 Å². The first-order valence-electron chi connectivity index (χ1n) is 21.7. The summed E-state index contributed by atoms with van der Waals surface area (Å²) >= 11 is 1.55. The molecule has 17 heteroatoms. The maximum Gasteiger partial charge on any atom is 0.433 e. The number of alkyl halides is 3. The minimum atomic E-state index is -4.69. The van der Waals surface area contributed by atoms with E-state index in [1.54, 1.807) is 49.4 Å². The molecule has 5 amide bonds. The topological polar surface area (TPSA) is 174 Å². The number of hydrogen-bond acceptors (Lipinski definition) is 11. The zero-order valence-electron chi connectivity index (χ0n) is 35.1. The number of aromatic nitrogens is 2. The van der Waals surface area contributed by atoms with Gasteiger partial charge in [-0.2, -0.15) is 13.2 Å². The maximum absolute atomic E-state index is 13.4. The molecular weight excluding hydrogens is 836 g/mol. The van der Waals surface area contributed by atoms with E-state index in [9.17, 15) is 42.3 Å². The summed E-state index contributed by atoms with van der Waals surface area (Å²) in [5.74, 6) is -1.22. The van der Waals surface area contributed by atoms with Crippen molar-refractivity contribution < 1.29 is 42.3 Å². The van der Waals surface area contributed by atoms with Gasteiger partial charge in [-0.1, -0.05) is 18.2 Å². The number of halogens is 3. The van der Waals surface area contributed by atoms with E-state index in [2.05, 4.69) is 25.8 Å². The first-order valence-corrected chi connectivity index (χ1v) is 22.6. The van der Waals surface area contributed by atoms with Gasteiger partial charge in [0.15, 0.2) is 0 Å². The predicted molar refractivity (Wildman–Crippen MR) is 228 cm³/mol. The van der Waals surface area contributed by atoms with Gasteiger partial charge in [-0.15, -0.1) is 11.3 Å². The Hall–Kier alpha value is -5.10. The van der Waals surface area contributed by atoms with Crippen molar-refractivity contribution in [3.05, 3.63) is 87.2 Å². The van der Waals surface area contributed by atoms with Crippen LogP contribution in [0.1, 0.15) is 131 Å². The number of thiazole rings is 1. The number of benzene rings is 2. The Kier molecular flexibility index (Phi) is 11.3. The summed E-state index contributed by atoms with van der Waals surface area (Å²) in [6.07, 6.45) is 3.25. The van der Waals surface area contributed by atoms with Gasteiger partial charge in [-0.25, -0.2) is 9.97 Å². The van der Waals surface area contributed by atoms with Crippen molar-refractivity contribution in [1.29, 1.82) is 0 Å². The van der Waals surface area contributed by atoms with E-state index in [4.69, 9.17) is 4.98 Å². The van der Waals surface area contributed by atoms with Crippen molar-refractivity contribution in [3.8, 4) is 0 Å². The van der Waals surface area contributed by atoms with Crippen molar-refractivity contribution in [1.82, 2.24) is 30.4 Å². The van der Waals surface area contributed by atoms with Crippen LogP contribution >= 0.6 is 11.3 Å². The number of imide groups is 2. The second kappa shape index (κ2) is 16.5. The van der Waals surface area contributed by atoms with Crippen LogP contribution in [0.5, 0.6) is 0 Å². The van der Waals surface area contributed by atoms with Gasteiger partial charge in [0.2, 0.25) is 11.8 Å². The number of carbonyl (C=O) groups is 5. The number of pyridine rings is 1. The Bertz CT molecular complexity index is 2500. The lowest BCUT2D eigenvalue weighted by Gasteiger charge is -2.60. The molecule has 9 rings (SSSR count). The second-order valence-corrected chi connectivity index (χ2v) is 19.8. The lowest BCUT2D eigenvalue weighted by atomic mass is 9.57. The number of fused-ring (bicyclic) bond motifs is 2. The van der Waals surface area contributed by atoms with Gasteiger partial charge in [0.05, 0.1) is 32.0 Å². The number of rotatable bonds is 12. The summed E-state index contributed by atoms with van der Waals surface area (Å²) in [5.41, 5.74) is 0.291. The first kappa shape index (κ1) is 43.2. The fourth-order valence-electron chi connectivity index (χ4n) is 10.6. The maximum atomic E-state index is 13.4. The molecule has 1 unspecified atom stereocenters. The molecule has 2 saturated carbocycles. The van der Waals surface area contributed by atoms with Gasteiger partial charge in [0, 0.05) is 49.8 Å². The monoisotopic (exact) mass is 885 g/mol. The van der Waals surface area contributed by atoms with Gasteiger partial charge in [0.1, 0.15) is 17.4 Å². The SMILES string of the molecule is CC(C)(O)c1cc2nc(C3CCC(CN4CC5(CC(CCNCc6cccc7c6C(=O)N(C6CCC(=O)NC6=O)C7=O)C5)C4)CC3)sc2cc1NC(=O)c1cccc(C(F)(F)F)n1. The van der Waals surface area contributed by atoms with Gasteiger partial charge >= 0.3 is 6.18 Å². The van der Waals surface area contributed by atoms with Crippen LogP contribution in [0.3, 0.4) is 0 Å². The highest BCUT2D eigenvalue weighted by molar-refractivity contribution is 7.18. The van der Waals surface area contributed by atoms with E-state index in [0.717, 1.165) is 90.6 Å². The van der Waals surface area contributed by atoms with Gasteiger partial charge in [-0.05, 0) is 125 Å². The summed E-state index contributed by atoms with van der Waals surface area (Å²) in [5, 5.41) is 20.4. The minimum Gasteiger partial charge on any atom is -0.386 e. The molecule has 1 spiro atoms. The standard InChI is InChI=1S/C46H50F3N7O6S/c1-44(2,62)30-17-33-35(18-32(30)52-39(58)31-7-4-8-36(51-31)46(47,48)49)63-41(53-33)27-11-9-25(10-12-27)22-55-23-45(24-55)19-26(20-45)15-16-50-21-28-5-3-6-29-38(28)43(61)56(42(29)60)34-13-14-37(57)54-40(34)59/h3-8,17-18,25-27,34,50,62H,9-16,19-24H2,1-2H3,(H,52,58)(H,54,57,59). The predicted octanol–water partition coefficient (Wildman–Crippen LogP) is 6.76. The Morgan fingerprint density at radius 2 is 1.70 bits per heavy atom. The summed E-state index contributed by atoms with van der Waals surface area (Å²) in [6, 6.07) is 10.9. The second-order valence-electron chi connectivity index (χ2n) is 18.8. The average molecular weight is 886 g/mol. The molecule has 5 aliphatic rings. The zero-order chi connectivity index (χ0) is 44.4. The third-order valence-electron chi connectivity index (χ3n) is 13.6. The van der Waals surface area contributed by atoms with E-state index in [0.29, 0.717) is 57.6 Å². The summed E-state index contributed by atoms with van der Waals surface area (Å²) in [6.45, 7) is 7.78. The van der Waals surface area contributed by atoms with Crippen molar-refractivity contribution >= 4 is 56.8 Å². The van der Waals surface area contributed by atoms with Crippen molar-refractivity contribution in [3.63, 3.8) is 0 Å². The number of hydrogen-bond donors (Lipinski definition) is 4. The molecule has 5 heterocycles. The Labute approximate surface area is 366 Å². The van der Waals surface area contributed by atoms with Crippen LogP contribution in [0.2, 0.25) is 0 Å². The third-order valence-corrected chi connectivity index (χ3v) is 14.8. The van der Waals surface area contributed by atoms with Crippen LogP contribution in [-0.2, 0) is 27.9 Å². The van der Waals surface area contributed by atoms with Gasteiger partial charge in [-0.3, -0.25) is 34.2 Å². The van der Waals surface area contributed by atoms with Crippen LogP contribution in [0, 0.1) is 17.3 Å². The molecule has 1 atom stereocenters. The Balaban J connectivity index is 0.717. The number of amides is 5. The number of carbonyl (C=O) groups excluding carboxylic acids is 5. The van der Waals surface area contributed by atoms with Crippen LogP contribution in [0.4, 0.5) is 18.9 Å². The lowest BCUT2D eigenvalue weighted by Crippen LogP contribution is -2.63. The van der Waals surface area contributed by atoms with E-state index in [1.807, 2.05) is 6.07 Å². The molecule has 63 heavy (non-hydrogen) atoms. The molecule has 0 bridgehead atoms. The summed E-state index contributed by atoms with van der Waals surface area (Å²) < 4.78 is 40.6. The van der Waals surface area contributed by atoms with Crippen LogP contribution in [0.15, 0.2) is 48.5 Å². The van der Waals surface area contributed by atoms with Crippen molar-refractivity contribution in [2.75, 3.05) is 31.5 Å². The molecule has 0 radical (unpaired) electrons. The van der Waals surface area contributed by atoms with Crippen molar-refractivity contribution in [2.45, 2.75) is 102 Å². The van der Waals surface area contributed by atoms with E-state index < -0.39 is 53.0 Å². The lowest BCUT2D eigenvalue weighted by molar-refractivity contribution is -0.141. The highest BCUT2D eigenvalue weighted by atomic mass is 32.1. The fourth-order valence-corrected chi connectivity index (χ4v) is 11.7. The number of nitrogens with one attached hydrogen (secondary N) is 3. The quantitative estimate of drug-likeness (QED) is 0.0880. The molecular formula is C46H50F3N7O6S.